The Kier molecular flexibility index (Phi) is 7.69. The Hall–Kier alpha value is -5.68. The molecule has 0 saturated carbocycles. The zero-order chi connectivity index (χ0) is 31.7. The van der Waals surface area contributed by atoms with Gasteiger partial charge in [-0.3, -0.25) is 14.9 Å². The monoisotopic (exact) mass is 617 g/mol. The summed E-state index contributed by atoms with van der Waals surface area (Å²) in [5.74, 6) is -0.637. The number of fused-ring (bicyclic) bond motifs is 2. The Morgan fingerprint density at radius 1 is 0.911 bits per heavy atom. The molecular weight excluding hydrogens is 590 g/mol. The quantitative estimate of drug-likeness (QED) is 0.111. The van der Waals surface area contributed by atoms with E-state index < -0.39 is 26.7 Å². The summed E-state index contributed by atoms with van der Waals surface area (Å²) in [6.07, 6.45) is 2.63. The van der Waals surface area contributed by atoms with Crippen LogP contribution in [-0.4, -0.2) is 33.8 Å². The first-order valence-electron chi connectivity index (χ1n) is 14.0. The van der Waals surface area contributed by atoms with E-state index in [1.165, 1.54) is 42.5 Å². The highest BCUT2D eigenvalue weighted by atomic mass is 32.2. The number of anilines is 1. The number of benzene rings is 4. The van der Waals surface area contributed by atoms with Gasteiger partial charge in [0, 0.05) is 18.2 Å². The maximum atomic E-state index is 14.4. The van der Waals surface area contributed by atoms with Crippen molar-refractivity contribution in [1.29, 1.82) is 0 Å². The van der Waals surface area contributed by atoms with Crippen LogP contribution in [0.25, 0.3) is 28.3 Å². The molecule has 6 aromatic rings. The van der Waals surface area contributed by atoms with Gasteiger partial charge >= 0.3 is 0 Å². The average molecular weight is 618 g/mol. The number of carbonyl (C=O) groups excluding carboxylic acids is 1. The fraction of sp³-hybridized carbons (Fsp3) is 0.0882. The standard InChI is InChI=1S/C34H27N5O5S/c1-22-15-18-27(19-16-22)45(43,44)32-31-33(36-29-14-7-6-13-28(29)35-31)38(23(2)25-10-4-3-5-11-25)34(32)37-30(40)20-17-24-9-8-12-26(21-24)39(41)42/h3-21,23H,1-2H3,(H,37,40)/b20-17+/t23-/m1/s1. The van der Waals surface area contributed by atoms with Crippen molar-refractivity contribution in [3.05, 3.63) is 136 Å². The number of nitro groups is 1. The molecule has 11 heteroatoms. The molecule has 0 aliphatic rings. The Labute approximate surface area is 258 Å². The van der Waals surface area contributed by atoms with Gasteiger partial charge in [0.25, 0.3) is 5.69 Å². The SMILES string of the molecule is Cc1ccc(S(=O)(=O)c2c(NC(=O)/C=C/c3cccc([N+](=O)[O-])c3)n([C@H](C)c3ccccc3)c3nc4ccccc4nc23)cc1. The Balaban J connectivity index is 1.59. The molecular formula is C34H27N5O5S. The number of aryl methyl sites for hydroxylation is 1. The van der Waals surface area contributed by atoms with Crippen LogP contribution in [0.1, 0.15) is 29.7 Å². The minimum atomic E-state index is -4.24. The van der Waals surface area contributed by atoms with E-state index in [-0.39, 0.29) is 32.5 Å². The maximum absolute atomic E-state index is 14.4. The largest absolute Gasteiger partial charge is 0.307 e. The molecule has 0 unspecified atom stereocenters. The van der Waals surface area contributed by atoms with E-state index in [1.54, 1.807) is 41.0 Å². The number of hydrogen-bond donors (Lipinski definition) is 1. The van der Waals surface area contributed by atoms with Crippen LogP contribution < -0.4 is 5.32 Å². The number of hydrogen-bond acceptors (Lipinski definition) is 7. The Morgan fingerprint density at radius 2 is 1.58 bits per heavy atom. The first-order chi connectivity index (χ1) is 21.6. The van der Waals surface area contributed by atoms with Gasteiger partial charge in [0.2, 0.25) is 15.7 Å². The minimum absolute atomic E-state index is 0.00549. The number of non-ortho nitro benzene ring substituents is 1. The molecule has 1 atom stereocenters. The van der Waals surface area contributed by atoms with E-state index in [9.17, 15) is 23.3 Å². The lowest BCUT2D eigenvalue weighted by Gasteiger charge is -2.19. The molecule has 224 valence electrons. The van der Waals surface area contributed by atoms with Gasteiger partial charge in [-0.05, 0) is 55.3 Å². The molecule has 0 spiro atoms. The molecule has 0 saturated heterocycles. The van der Waals surface area contributed by atoms with Crippen LogP contribution in [0, 0.1) is 17.0 Å². The summed E-state index contributed by atoms with van der Waals surface area (Å²) >= 11 is 0. The average Bonchev–Trinajstić information content (AvgIpc) is 3.35. The van der Waals surface area contributed by atoms with Gasteiger partial charge in [-0.25, -0.2) is 18.4 Å². The van der Waals surface area contributed by atoms with Gasteiger partial charge in [-0.15, -0.1) is 0 Å². The van der Waals surface area contributed by atoms with E-state index in [1.807, 2.05) is 50.2 Å². The molecule has 0 fully saturated rings. The van der Waals surface area contributed by atoms with Crippen LogP contribution in [0.2, 0.25) is 0 Å². The summed E-state index contributed by atoms with van der Waals surface area (Å²) in [6.45, 7) is 3.75. The molecule has 1 N–H and O–H groups in total. The third-order valence-corrected chi connectivity index (χ3v) is 9.29. The van der Waals surface area contributed by atoms with Crippen LogP contribution in [0.5, 0.6) is 0 Å². The maximum Gasteiger partial charge on any atom is 0.270 e. The predicted molar refractivity (Wildman–Crippen MR) is 173 cm³/mol. The third kappa shape index (κ3) is 5.68. The molecule has 1 amide bonds. The van der Waals surface area contributed by atoms with Crippen LogP contribution in [0.3, 0.4) is 0 Å². The highest BCUT2D eigenvalue weighted by Gasteiger charge is 2.34. The van der Waals surface area contributed by atoms with E-state index >= 15 is 0 Å². The van der Waals surface area contributed by atoms with E-state index in [4.69, 9.17) is 9.97 Å². The fourth-order valence-electron chi connectivity index (χ4n) is 5.18. The van der Waals surface area contributed by atoms with Crippen LogP contribution in [0.4, 0.5) is 11.5 Å². The van der Waals surface area contributed by atoms with Gasteiger partial charge in [0.15, 0.2) is 5.65 Å². The molecule has 0 aliphatic carbocycles. The van der Waals surface area contributed by atoms with Crippen molar-refractivity contribution in [2.24, 2.45) is 0 Å². The lowest BCUT2D eigenvalue weighted by molar-refractivity contribution is -0.384. The van der Waals surface area contributed by atoms with Crippen molar-refractivity contribution in [3.8, 4) is 0 Å². The first-order valence-corrected chi connectivity index (χ1v) is 15.5. The molecule has 45 heavy (non-hydrogen) atoms. The van der Waals surface area contributed by atoms with Gasteiger partial charge in [-0.2, -0.15) is 0 Å². The predicted octanol–water partition coefficient (Wildman–Crippen LogP) is 6.90. The third-order valence-electron chi connectivity index (χ3n) is 7.47. The van der Waals surface area contributed by atoms with Gasteiger partial charge in [-0.1, -0.05) is 72.3 Å². The zero-order valence-electron chi connectivity index (χ0n) is 24.3. The normalized spacial score (nSPS) is 12.5. The van der Waals surface area contributed by atoms with Crippen molar-refractivity contribution in [2.45, 2.75) is 29.7 Å². The Morgan fingerprint density at radius 3 is 2.27 bits per heavy atom. The summed E-state index contributed by atoms with van der Waals surface area (Å²) in [6, 6.07) is 28.4. The van der Waals surface area contributed by atoms with Crippen molar-refractivity contribution >= 4 is 55.5 Å². The second kappa shape index (κ2) is 11.8. The van der Waals surface area contributed by atoms with Crippen molar-refractivity contribution in [2.75, 3.05) is 5.32 Å². The van der Waals surface area contributed by atoms with E-state index in [0.29, 0.717) is 16.6 Å². The molecule has 0 bridgehead atoms. The summed E-state index contributed by atoms with van der Waals surface area (Å²) < 4.78 is 30.6. The lowest BCUT2D eigenvalue weighted by Crippen LogP contribution is -2.18. The van der Waals surface area contributed by atoms with E-state index in [0.717, 1.165) is 11.1 Å². The number of nitrogens with one attached hydrogen (secondary N) is 1. The first kappa shape index (κ1) is 29.4. The molecule has 2 aromatic heterocycles. The van der Waals surface area contributed by atoms with Crippen molar-refractivity contribution < 1.29 is 18.1 Å². The van der Waals surface area contributed by atoms with Gasteiger partial charge in [0.1, 0.15) is 16.2 Å². The second-order valence-electron chi connectivity index (χ2n) is 10.5. The number of nitro benzene ring substituents is 1. The molecule has 0 radical (unpaired) electrons. The second-order valence-corrected chi connectivity index (χ2v) is 12.4. The number of para-hydroxylation sites is 2. The van der Waals surface area contributed by atoms with Crippen LogP contribution in [-0.2, 0) is 14.6 Å². The minimum Gasteiger partial charge on any atom is -0.307 e. The zero-order valence-corrected chi connectivity index (χ0v) is 25.1. The number of amides is 1. The lowest BCUT2D eigenvalue weighted by atomic mass is 10.1. The summed E-state index contributed by atoms with van der Waals surface area (Å²) in [7, 11) is -4.24. The summed E-state index contributed by atoms with van der Waals surface area (Å²) in [4.78, 5) is 33.7. The Bertz CT molecular complexity index is 2230. The fourth-order valence-corrected chi connectivity index (χ4v) is 6.70. The van der Waals surface area contributed by atoms with E-state index in [2.05, 4.69) is 5.32 Å². The summed E-state index contributed by atoms with van der Waals surface area (Å²) in [5, 5.41) is 14.0. The number of rotatable bonds is 8. The molecule has 4 aromatic carbocycles. The summed E-state index contributed by atoms with van der Waals surface area (Å²) in [5.41, 5.74) is 3.52. The van der Waals surface area contributed by atoms with Crippen molar-refractivity contribution in [1.82, 2.24) is 14.5 Å². The number of nitrogens with zero attached hydrogens (tertiary/aromatic N) is 4. The van der Waals surface area contributed by atoms with Crippen LogP contribution >= 0.6 is 0 Å². The molecule has 0 aliphatic heterocycles. The van der Waals surface area contributed by atoms with Gasteiger partial charge < -0.3 is 9.88 Å². The van der Waals surface area contributed by atoms with Crippen LogP contribution in [0.15, 0.2) is 119 Å². The van der Waals surface area contributed by atoms with Gasteiger partial charge in [0.05, 0.1) is 26.9 Å². The van der Waals surface area contributed by atoms with Crippen molar-refractivity contribution in [3.63, 3.8) is 0 Å². The smallest absolute Gasteiger partial charge is 0.270 e. The number of sulfone groups is 1. The topological polar surface area (TPSA) is 137 Å². The highest BCUT2D eigenvalue weighted by molar-refractivity contribution is 7.92. The number of carbonyl (C=O) groups is 1. The molecule has 2 heterocycles. The number of aromatic nitrogens is 3. The molecule has 6 rings (SSSR count). The highest BCUT2D eigenvalue weighted by Crippen LogP contribution is 2.40. The molecule has 10 nitrogen and oxygen atoms in total.